The number of carboxylic acid groups (broad SMARTS) is 1. The van der Waals surface area contributed by atoms with Gasteiger partial charge in [0.05, 0.1) is 11.1 Å². The molecule has 0 saturated carbocycles. The molecule has 2 aromatic rings. The van der Waals surface area contributed by atoms with Crippen molar-refractivity contribution in [1.29, 1.82) is 0 Å². The third-order valence-corrected chi connectivity index (χ3v) is 4.40. The van der Waals surface area contributed by atoms with Crippen molar-refractivity contribution in [3.63, 3.8) is 0 Å². The fraction of sp³-hybridized carbons (Fsp3) is 0.500. The number of hydrogen-bond donors (Lipinski definition) is 2. The van der Waals surface area contributed by atoms with Gasteiger partial charge in [0.25, 0.3) is 0 Å². The average Bonchev–Trinajstić information content (AvgIpc) is 2.74. The molecule has 4 heteroatoms. The number of nitrogens with two attached hydrogens (primary N) is 1. The van der Waals surface area contributed by atoms with E-state index in [9.17, 15) is 9.90 Å². The van der Waals surface area contributed by atoms with Crippen LogP contribution in [0, 0.1) is 13.8 Å². The molecule has 2 rings (SSSR count). The number of aromatic nitrogens is 1. The van der Waals surface area contributed by atoms with Gasteiger partial charge in [-0.15, -0.1) is 0 Å². The van der Waals surface area contributed by atoms with Gasteiger partial charge >= 0.3 is 5.97 Å². The van der Waals surface area contributed by atoms with Gasteiger partial charge < -0.3 is 15.4 Å². The Morgan fingerprint density at radius 2 is 2.00 bits per heavy atom. The highest BCUT2D eigenvalue weighted by Gasteiger charge is 2.21. The predicted octanol–water partition coefficient (Wildman–Crippen LogP) is 3.65. The summed E-state index contributed by atoms with van der Waals surface area (Å²) in [6.45, 7) is 7.64. The Labute approximate surface area is 131 Å². The third-order valence-electron chi connectivity index (χ3n) is 4.40. The lowest BCUT2D eigenvalue weighted by Crippen LogP contribution is -2.07. The molecule has 0 aliphatic heterocycles. The molecule has 0 atom stereocenters. The standard InChI is InChI=1S/C18H26N2O2/c1-4-5-11-20-13(3)14(7-6-10-19)15-9-8-12(2)16(17(15)20)18(21)22/h8-9H,4-7,10-11,19H2,1-3H3,(H,21,22). The summed E-state index contributed by atoms with van der Waals surface area (Å²) in [6, 6.07) is 3.99. The van der Waals surface area contributed by atoms with Crippen molar-refractivity contribution in [1.82, 2.24) is 4.57 Å². The Bertz CT molecular complexity index is 686. The minimum atomic E-state index is -0.844. The summed E-state index contributed by atoms with van der Waals surface area (Å²) in [7, 11) is 0. The highest BCUT2D eigenvalue weighted by Crippen LogP contribution is 2.31. The van der Waals surface area contributed by atoms with Crippen molar-refractivity contribution < 1.29 is 9.90 Å². The fourth-order valence-electron chi connectivity index (χ4n) is 3.20. The molecule has 1 aromatic carbocycles. The highest BCUT2D eigenvalue weighted by atomic mass is 16.4. The van der Waals surface area contributed by atoms with Crippen molar-refractivity contribution in [3.05, 3.63) is 34.5 Å². The number of aromatic carboxylic acids is 1. The SMILES string of the molecule is CCCCn1c(C)c(CCCN)c2ccc(C)c(C(=O)O)c21. The fourth-order valence-corrected chi connectivity index (χ4v) is 3.20. The van der Waals surface area contributed by atoms with Gasteiger partial charge in [0.15, 0.2) is 0 Å². The van der Waals surface area contributed by atoms with E-state index in [1.165, 1.54) is 11.3 Å². The number of benzene rings is 1. The van der Waals surface area contributed by atoms with Gasteiger partial charge in [-0.3, -0.25) is 0 Å². The summed E-state index contributed by atoms with van der Waals surface area (Å²) in [5.74, 6) is -0.844. The second-order valence-corrected chi connectivity index (χ2v) is 5.92. The van der Waals surface area contributed by atoms with Crippen LogP contribution in [0.4, 0.5) is 0 Å². The number of nitrogens with zero attached hydrogens (tertiary/aromatic N) is 1. The number of hydrogen-bond acceptors (Lipinski definition) is 2. The lowest BCUT2D eigenvalue weighted by atomic mass is 10.0. The van der Waals surface area contributed by atoms with Crippen LogP contribution in [0.3, 0.4) is 0 Å². The zero-order chi connectivity index (χ0) is 16.3. The van der Waals surface area contributed by atoms with Crippen LogP contribution >= 0.6 is 0 Å². The molecule has 120 valence electrons. The second-order valence-electron chi connectivity index (χ2n) is 5.92. The molecule has 0 unspecified atom stereocenters. The smallest absolute Gasteiger partial charge is 0.338 e. The first-order chi connectivity index (χ1) is 10.5. The molecule has 1 aromatic heterocycles. The van der Waals surface area contributed by atoms with Gasteiger partial charge in [0, 0.05) is 17.6 Å². The van der Waals surface area contributed by atoms with Crippen LogP contribution in [0.15, 0.2) is 12.1 Å². The molecule has 1 heterocycles. The largest absolute Gasteiger partial charge is 0.478 e. The number of rotatable bonds is 7. The first-order valence-electron chi connectivity index (χ1n) is 8.07. The van der Waals surface area contributed by atoms with E-state index in [1.54, 1.807) is 0 Å². The summed E-state index contributed by atoms with van der Waals surface area (Å²) in [5.41, 5.74) is 10.2. The molecular weight excluding hydrogens is 276 g/mol. The Balaban J connectivity index is 2.74. The minimum Gasteiger partial charge on any atom is -0.478 e. The summed E-state index contributed by atoms with van der Waals surface area (Å²) in [5, 5.41) is 10.7. The zero-order valence-corrected chi connectivity index (χ0v) is 13.8. The van der Waals surface area contributed by atoms with Gasteiger partial charge in [-0.1, -0.05) is 25.5 Å². The van der Waals surface area contributed by atoms with Gasteiger partial charge in [-0.25, -0.2) is 4.79 Å². The number of carboxylic acids is 1. The van der Waals surface area contributed by atoms with E-state index in [-0.39, 0.29) is 0 Å². The van der Waals surface area contributed by atoms with E-state index < -0.39 is 5.97 Å². The summed E-state index contributed by atoms with van der Waals surface area (Å²) >= 11 is 0. The maximum atomic E-state index is 11.8. The van der Waals surface area contributed by atoms with Gasteiger partial charge in [-0.05, 0) is 50.8 Å². The van der Waals surface area contributed by atoms with E-state index >= 15 is 0 Å². The van der Waals surface area contributed by atoms with E-state index in [0.717, 1.165) is 48.7 Å². The topological polar surface area (TPSA) is 68.2 Å². The van der Waals surface area contributed by atoms with Crippen LogP contribution in [-0.4, -0.2) is 22.2 Å². The van der Waals surface area contributed by atoms with Crippen molar-refractivity contribution in [2.24, 2.45) is 5.73 Å². The van der Waals surface area contributed by atoms with Crippen molar-refractivity contribution >= 4 is 16.9 Å². The van der Waals surface area contributed by atoms with E-state index in [2.05, 4.69) is 24.5 Å². The molecule has 0 aliphatic carbocycles. The molecule has 4 nitrogen and oxygen atoms in total. The van der Waals surface area contributed by atoms with Crippen LogP contribution in [-0.2, 0) is 13.0 Å². The summed E-state index contributed by atoms with van der Waals surface area (Å²) < 4.78 is 2.20. The molecule has 0 radical (unpaired) electrons. The molecule has 22 heavy (non-hydrogen) atoms. The molecule has 0 fully saturated rings. The van der Waals surface area contributed by atoms with Gasteiger partial charge in [0.2, 0.25) is 0 Å². The average molecular weight is 302 g/mol. The Hall–Kier alpha value is -1.81. The number of fused-ring (bicyclic) bond motifs is 1. The van der Waals surface area contributed by atoms with Crippen molar-refractivity contribution in [2.45, 2.75) is 53.0 Å². The Morgan fingerprint density at radius 1 is 1.27 bits per heavy atom. The van der Waals surface area contributed by atoms with Crippen LogP contribution in [0.1, 0.15) is 53.4 Å². The summed E-state index contributed by atoms with van der Waals surface area (Å²) in [6.07, 6.45) is 3.96. The first-order valence-corrected chi connectivity index (χ1v) is 8.07. The predicted molar refractivity (Wildman–Crippen MR) is 90.7 cm³/mol. The molecule has 0 amide bonds. The number of aryl methyl sites for hydroxylation is 3. The van der Waals surface area contributed by atoms with Gasteiger partial charge in [-0.2, -0.15) is 0 Å². The third kappa shape index (κ3) is 2.88. The lowest BCUT2D eigenvalue weighted by molar-refractivity contribution is 0.0698. The normalized spacial score (nSPS) is 11.3. The van der Waals surface area contributed by atoms with E-state index in [4.69, 9.17) is 5.73 Å². The quantitative estimate of drug-likeness (QED) is 0.820. The number of unbranched alkanes of at least 4 members (excludes halogenated alkanes) is 1. The Kier molecular flexibility index (Phi) is 5.24. The molecule has 0 bridgehead atoms. The van der Waals surface area contributed by atoms with E-state index in [0.29, 0.717) is 12.1 Å². The molecule has 3 N–H and O–H groups in total. The van der Waals surface area contributed by atoms with Crippen LogP contribution < -0.4 is 5.73 Å². The highest BCUT2D eigenvalue weighted by molar-refractivity contribution is 6.05. The molecule has 0 saturated heterocycles. The van der Waals surface area contributed by atoms with Crippen LogP contribution in [0.2, 0.25) is 0 Å². The van der Waals surface area contributed by atoms with E-state index in [1.807, 2.05) is 13.0 Å². The van der Waals surface area contributed by atoms with Crippen molar-refractivity contribution in [2.75, 3.05) is 6.54 Å². The lowest BCUT2D eigenvalue weighted by Gasteiger charge is -2.11. The number of carbonyl (C=O) groups is 1. The second kappa shape index (κ2) is 6.97. The molecule has 0 spiro atoms. The molecule has 0 aliphatic rings. The maximum absolute atomic E-state index is 11.8. The summed E-state index contributed by atoms with van der Waals surface area (Å²) in [4.78, 5) is 11.8. The first kappa shape index (κ1) is 16.6. The minimum absolute atomic E-state index is 0.440. The Morgan fingerprint density at radius 3 is 2.59 bits per heavy atom. The van der Waals surface area contributed by atoms with Crippen LogP contribution in [0.5, 0.6) is 0 Å². The monoisotopic (exact) mass is 302 g/mol. The van der Waals surface area contributed by atoms with Crippen LogP contribution in [0.25, 0.3) is 10.9 Å². The van der Waals surface area contributed by atoms with Gasteiger partial charge in [0.1, 0.15) is 0 Å². The zero-order valence-electron chi connectivity index (χ0n) is 13.8. The molecular formula is C18H26N2O2. The maximum Gasteiger partial charge on any atom is 0.338 e. The van der Waals surface area contributed by atoms with Crippen molar-refractivity contribution in [3.8, 4) is 0 Å².